The van der Waals surface area contributed by atoms with Gasteiger partial charge in [-0.3, -0.25) is 9.69 Å². The van der Waals surface area contributed by atoms with Gasteiger partial charge in [-0.05, 0) is 48.8 Å². The molecule has 1 aliphatic heterocycles. The number of hydrogen-bond donors (Lipinski definition) is 0. The van der Waals surface area contributed by atoms with Crippen LogP contribution in [-0.2, 0) is 4.79 Å². The van der Waals surface area contributed by atoms with Gasteiger partial charge in [0.2, 0.25) is 0 Å². The molecule has 23 heavy (non-hydrogen) atoms. The Morgan fingerprint density at radius 2 is 1.83 bits per heavy atom. The number of thiocarbonyl (C=S) groups is 1. The van der Waals surface area contributed by atoms with E-state index in [0.29, 0.717) is 10.8 Å². The summed E-state index contributed by atoms with van der Waals surface area (Å²) in [6.07, 6.45) is 7.62. The summed E-state index contributed by atoms with van der Waals surface area (Å²) in [6, 6.07) is 7.93. The lowest BCUT2D eigenvalue weighted by Crippen LogP contribution is -2.41. The van der Waals surface area contributed by atoms with E-state index in [9.17, 15) is 4.79 Å². The topological polar surface area (TPSA) is 32.8 Å². The maximum atomic E-state index is 12.9. The van der Waals surface area contributed by atoms with Crippen LogP contribution in [0.3, 0.4) is 0 Å². The van der Waals surface area contributed by atoms with Crippen LogP contribution in [0.5, 0.6) is 5.75 Å². The van der Waals surface area contributed by atoms with Gasteiger partial charge in [0, 0.05) is 13.1 Å². The molecule has 0 bridgehead atoms. The van der Waals surface area contributed by atoms with Crippen LogP contribution in [0, 0.1) is 0 Å². The number of likely N-dealkylation sites (N-methyl/N-ethyl adjacent to an activating group) is 1. The Bertz CT molecular complexity index is 633. The van der Waals surface area contributed by atoms with Gasteiger partial charge in [-0.25, -0.2) is 0 Å². The molecule has 1 saturated carbocycles. The van der Waals surface area contributed by atoms with Gasteiger partial charge in [-0.1, -0.05) is 31.4 Å². The SMILES string of the molecule is COc1ccc(/C=C2/C(=O)N(C3CCCCC3)C(=S)N2C)cc1. The number of rotatable bonds is 3. The third kappa shape index (κ3) is 3.11. The first-order valence-electron chi connectivity index (χ1n) is 8.09. The van der Waals surface area contributed by atoms with Crippen molar-refractivity contribution in [3.63, 3.8) is 0 Å². The van der Waals surface area contributed by atoms with Gasteiger partial charge in [0.25, 0.3) is 5.91 Å². The fraction of sp³-hybridized carbons (Fsp3) is 0.444. The van der Waals surface area contributed by atoms with Crippen LogP contribution in [0.4, 0.5) is 0 Å². The minimum absolute atomic E-state index is 0.0280. The maximum absolute atomic E-state index is 12.9. The molecular formula is C18H22N2O2S. The third-order valence-electron chi connectivity index (χ3n) is 4.65. The highest BCUT2D eigenvalue weighted by atomic mass is 32.1. The number of hydrogen-bond acceptors (Lipinski definition) is 3. The van der Waals surface area contributed by atoms with Gasteiger partial charge in [0.15, 0.2) is 5.11 Å². The maximum Gasteiger partial charge on any atom is 0.277 e. The van der Waals surface area contributed by atoms with Crippen LogP contribution in [0.2, 0.25) is 0 Å². The van der Waals surface area contributed by atoms with Crippen LogP contribution in [0.1, 0.15) is 37.7 Å². The Morgan fingerprint density at radius 3 is 2.43 bits per heavy atom. The van der Waals surface area contributed by atoms with Crippen molar-refractivity contribution in [3.8, 4) is 5.75 Å². The zero-order valence-electron chi connectivity index (χ0n) is 13.6. The molecule has 1 heterocycles. The van der Waals surface area contributed by atoms with Crippen molar-refractivity contribution in [2.24, 2.45) is 0 Å². The van der Waals surface area contributed by atoms with E-state index >= 15 is 0 Å². The van der Waals surface area contributed by atoms with Gasteiger partial charge in [0.1, 0.15) is 11.4 Å². The average Bonchev–Trinajstić information content (AvgIpc) is 2.80. The van der Waals surface area contributed by atoms with Crippen molar-refractivity contribution in [1.82, 2.24) is 9.80 Å². The minimum atomic E-state index is 0.0280. The highest BCUT2D eigenvalue weighted by molar-refractivity contribution is 7.80. The zero-order chi connectivity index (χ0) is 16.4. The summed E-state index contributed by atoms with van der Waals surface area (Å²) in [4.78, 5) is 16.5. The second-order valence-corrected chi connectivity index (χ2v) is 6.48. The molecule has 3 rings (SSSR count). The van der Waals surface area contributed by atoms with Crippen LogP contribution < -0.4 is 4.74 Å². The van der Waals surface area contributed by atoms with E-state index in [1.54, 1.807) is 7.11 Å². The number of methoxy groups -OCH3 is 1. The van der Waals surface area contributed by atoms with Crippen LogP contribution >= 0.6 is 12.2 Å². The molecule has 0 spiro atoms. The van der Waals surface area contributed by atoms with Crippen LogP contribution in [0.25, 0.3) is 6.08 Å². The fourth-order valence-corrected chi connectivity index (χ4v) is 3.63. The van der Waals surface area contributed by atoms with Gasteiger partial charge in [0.05, 0.1) is 7.11 Å². The molecule has 4 nitrogen and oxygen atoms in total. The average molecular weight is 330 g/mol. The van der Waals surface area contributed by atoms with E-state index in [1.165, 1.54) is 19.3 Å². The summed E-state index contributed by atoms with van der Waals surface area (Å²) >= 11 is 5.52. The molecule has 2 aliphatic rings. The Kier molecular flexibility index (Phi) is 4.66. The first-order valence-corrected chi connectivity index (χ1v) is 8.49. The summed E-state index contributed by atoms with van der Waals surface area (Å²) in [5, 5.41) is 0.627. The highest BCUT2D eigenvalue weighted by Crippen LogP contribution is 2.30. The lowest BCUT2D eigenvalue weighted by atomic mass is 9.94. The van der Waals surface area contributed by atoms with E-state index in [0.717, 1.165) is 24.2 Å². The number of amides is 1. The summed E-state index contributed by atoms with van der Waals surface area (Å²) in [5.74, 6) is 0.831. The lowest BCUT2D eigenvalue weighted by molar-refractivity contribution is -0.124. The lowest BCUT2D eigenvalue weighted by Gasteiger charge is -2.30. The Balaban J connectivity index is 1.85. The van der Waals surface area contributed by atoms with Crippen LogP contribution in [-0.4, -0.2) is 41.0 Å². The quantitative estimate of drug-likeness (QED) is 0.628. The summed E-state index contributed by atoms with van der Waals surface area (Å²) in [5.41, 5.74) is 1.61. The van der Waals surface area contributed by atoms with E-state index < -0.39 is 0 Å². The Labute approximate surface area is 142 Å². The van der Waals surface area contributed by atoms with Crippen molar-refractivity contribution < 1.29 is 9.53 Å². The van der Waals surface area contributed by atoms with Crippen molar-refractivity contribution in [2.45, 2.75) is 38.1 Å². The molecule has 1 saturated heterocycles. The van der Waals surface area contributed by atoms with Crippen molar-refractivity contribution >= 4 is 29.3 Å². The van der Waals surface area contributed by atoms with Gasteiger partial charge in [-0.2, -0.15) is 0 Å². The molecule has 0 unspecified atom stereocenters. The molecule has 2 fully saturated rings. The van der Waals surface area contributed by atoms with E-state index in [2.05, 4.69) is 0 Å². The molecule has 5 heteroatoms. The second-order valence-electron chi connectivity index (χ2n) is 6.11. The smallest absolute Gasteiger partial charge is 0.277 e. The van der Waals surface area contributed by atoms with Crippen molar-refractivity contribution in [3.05, 3.63) is 35.5 Å². The van der Waals surface area contributed by atoms with Crippen molar-refractivity contribution in [2.75, 3.05) is 14.2 Å². The van der Waals surface area contributed by atoms with E-state index in [1.807, 2.05) is 47.2 Å². The number of benzene rings is 1. The number of carbonyl (C=O) groups is 1. The monoisotopic (exact) mass is 330 g/mol. The molecule has 1 aromatic rings. The largest absolute Gasteiger partial charge is 0.497 e. The van der Waals surface area contributed by atoms with Gasteiger partial charge in [-0.15, -0.1) is 0 Å². The standard InChI is InChI=1S/C18H22N2O2S/c1-19-16(12-13-8-10-15(22-2)11-9-13)17(21)20(18(19)23)14-6-4-3-5-7-14/h8-12,14H,3-7H2,1-2H3/b16-12-. The zero-order valence-corrected chi connectivity index (χ0v) is 14.4. The van der Waals surface area contributed by atoms with E-state index in [4.69, 9.17) is 17.0 Å². The van der Waals surface area contributed by atoms with Crippen molar-refractivity contribution in [1.29, 1.82) is 0 Å². The van der Waals surface area contributed by atoms with E-state index in [-0.39, 0.29) is 11.9 Å². The Hall–Kier alpha value is -1.88. The first-order chi connectivity index (χ1) is 11.1. The molecular weight excluding hydrogens is 308 g/mol. The summed E-state index contributed by atoms with van der Waals surface area (Å²) in [7, 11) is 3.51. The molecule has 1 aliphatic carbocycles. The predicted octanol–water partition coefficient (Wildman–Crippen LogP) is 3.43. The summed E-state index contributed by atoms with van der Waals surface area (Å²) < 4.78 is 5.17. The number of carbonyl (C=O) groups excluding carboxylic acids is 1. The molecule has 0 N–H and O–H groups in total. The first kappa shape index (κ1) is 16.0. The van der Waals surface area contributed by atoms with Crippen LogP contribution in [0.15, 0.2) is 30.0 Å². The highest BCUT2D eigenvalue weighted by Gasteiger charge is 2.40. The second kappa shape index (κ2) is 6.71. The predicted molar refractivity (Wildman–Crippen MR) is 95.1 cm³/mol. The number of nitrogens with zero attached hydrogens (tertiary/aromatic N) is 2. The fourth-order valence-electron chi connectivity index (χ4n) is 3.30. The molecule has 1 aromatic carbocycles. The molecule has 122 valence electrons. The molecule has 0 atom stereocenters. The van der Waals surface area contributed by atoms with Gasteiger partial charge < -0.3 is 9.64 Å². The number of ether oxygens (including phenoxy) is 1. The third-order valence-corrected chi connectivity index (χ3v) is 5.12. The Morgan fingerprint density at radius 1 is 1.17 bits per heavy atom. The molecule has 1 amide bonds. The van der Waals surface area contributed by atoms with Gasteiger partial charge >= 0.3 is 0 Å². The molecule has 0 aromatic heterocycles. The molecule has 0 radical (unpaired) electrons. The minimum Gasteiger partial charge on any atom is -0.497 e. The summed E-state index contributed by atoms with van der Waals surface area (Å²) in [6.45, 7) is 0. The normalized spacial score (nSPS) is 21.4.